The van der Waals surface area contributed by atoms with E-state index in [0.717, 1.165) is 44.6 Å². The summed E-state index contributed by atoms with van der Waals surface area (Å²) in [5.41, 5.74) is 7.47. The van der Waals surface area contributed by atoms with Gasteiger partial charge in [0, 0.05) is 27.3 Å². The average molecular weight is 479 g/mol. The number of nitrogens with one attached hydrogen (secondary N) is 2. The minimum atomic E-state index is -0.0657. The number of methoxy groups -OCH3 is 2. The Morgan fingerprint density at radius 2 is 0.972 bits per heavy atom. The molecule has 2 N–H and O–H groups in total. The van der Waals surface area contributed by atoms with Crippen LogP contribution >= 0.6 is 0 Å². The van der Waals surface area contributed by atoms with Gasteiger partial charge in [-0.3, -0.25) is 0 Å². The summed E-state index contributed by atoms with van der Waals surface area (Å²) < 4.78 is 11.5. The number of rotatable bonds is 10. The minimum absolute atomic E-state index is 0.0657. The first kappa shape index (κ1) is 23.7. The van der Waals surface area contributed by atoms with Gasteiger partial charge in [0.25, 0.3) is 0 Å². The summed E-state index contributed by atoms with van der Waals surface area (Å²) in [6.07, 6.45) is -0.131. The summed E-state index contributed by atoms with van der Waals surface area (Å²) in [4.78, 5) is 9.97. The largest absolute Gasteiger partial charge is 0.380 e. The Morgan fingerprint density at radius 1 is 0.556 bits per heavy atom. The molecule has 0 spiro atoms. The Hall–Kier alpha value is -4.00. The number of nitrogens with zero attached hydrogens (tertiary/aromatic N) is 2. The van der Waals surface area contributed by atoms with Gasteiger partial charge in [0.05, 0.1) is 34.6 Å². The summed E-state index contributed by atoms with van der Waals surface area (Å²) in [7, 11) is 3.46. The Labute approximate surface area is 211 Å². The van der Waals surface area contributed by atoms with Gasteiger partial charge in [-0.25, -0.2) is 9.97 Å². The third kappa shape index (κ3) is 5.15. The topological polar surface area (TPSA) is 68.3 Å². The molecule has 0 aliphatic rings. The zero-order valence-corrected chi connectivity index (χ0v) is 20.5. The van der Waals surface area contributed by atoms with Crippen LogP contribution in [0.5, 0.6) is 0 Å². The lowest BCUT2D eigenvalue weighted by molar-refractivity contribution is 0.114. The highest BCUT2D eigenvalue weighted by Crippen LogP contribution is 2.28. The van der Waals surface area contributed by atoms with Crippen LogP contribution in [0.3, 0.4) is 0 Å². The SMILES string of the molecule is CO[C@@H](CNc1cccc2nc3c(NC[C@H](OC)c4ccccc4)cccc3nc12)c1ccccc1. The zero-order valence-electron chi connectivity index (χ0n) is 20.5. The minimum Gasteiger partial charge on any atom is -0.380 e. The van der Waals surface area contributed by atoms with Crippen molar-refractivity contribution >= 4 is 33.4 Å². The zero-order chi connectivity index (χ0) is 24.7. The van der Waals surface area contributed by atoms with E-state index in [1.807, 2.05) is 72.8 Å². The van der Waals surface area contributed by atoms with Crippen molar-refractivity contribution in [3.05, 3.63) is 108 Å². The van der Waals surface area contributed by atoms with Gasteiger partial charge in [0.2, 0.25) is 0 Å². The summed E-state index contributed by atoms with van der Waals surface area (Å²) in [6, 6.07) is 32.5. The third-order valence-electron chi connectivity index (χ3n) is 6.36. The molecule has 0 saturated heterocycles. The number of hydrogen-bond donors (Lipinski definition) is 2. The highest BCUT2D eigenvalue weighted by molar-refractivity contribution is 5.97. The lowest BCUT2D eigenvalue weighted by Gasteiger charge is -2.19. The number of ether oxygens (including phenoxy) is 2. The highest BCUT2D eigenvalue weighted by Gasteiger charge is 2.14. The number of hydrogen-bond acceptors (Lipinski definition) is 6. The average Bonchev–Trinajstić information content (AvgIpc) is 2.94. The number of aromatic nitrogens is 2. The molecule has 0 bridgehead atoms. The molecule has 2 atom stereocenters. The van der Waals surface area contributed by atoms with Crippen LogP contribution in [0.25, 0.3) is 22.1 Å². The molecule has 0 radical (unpaired) electrons. The fourth-order valence-electron chi connectivity index (χ4n) is 4.42. The van der Waals surface area contributed by atoms with Crippen LogP contribution in [-0.2, 0) is 9.47 Å². The number of para-hydroxylation sites is 2. The summed E-state index contributed by atoms with van der Waals surface area (Å²) in [6.45, 7) is 1.25. The maximum Gasteiger partial charge on any atom is 0.113 e. The van der Waals surface area contributed by atoms with Crippen LogP contribution in [0.1, 0.15) is 23.3 Å². The molecule has 182 valence electrons. The molecule has 0 saturated carbocycles. The van der Waals surface area contributed by atoms with Crippen LogP contribution in [0.4, 0.5) is 11.4 Å². The van der Waals surface area contributed by atoms with Crippen LogP contribution in [-0.4, -0.2) is 37.3 Å². The van der Waals surface area contributed by atoms with Gasteiger partial charge in [-0.2, -0.15) is 0 Å². The summed E-state index contributed by atoms with van der Waals surface area (Å²) in [5, 5.41) is 7.05. The monoisotopic (exact) mass is 478 g/mol. The molecular weight excluding hydrogens is 448 g/mol. The first-order valence-corrected chi connectivity index (χ1v) is 12.1. The Kier molecular flexibility index (Phi) is 7.36. The first-order chi connectivity index (χ1) is 17.8. The normalized spacial score (nSPS) is 12.9. The molecule has 0 fully saturated rings. The Morgan fingerprint density at radius 3 is 1.36 bits per heavy atom. The smallest absolute Gasteiger partial charge is 0.113 e. The van der Waals surface area contributed by atoms with Gasteiger partial charge in [-0.05, 0) is 35.4 Å². The van der Waals surface area contributed by atoms with Gasteiger partial charge in [-0.1, -0.05) is 72.8 Å². The quantitative estimate of drug-likeness (QED) is 0.227. The van der Waals surface area contributed by atoms with Crippen molar-refractivity contribution in [2.24, 2.45) is 0 Å². The second kappa shape index (κ2) is 11.2. The van der Waals surface area contributed by atoms with Crippen molar-refractivity contribution in [1.82, 2.24) is 9.97 Å². The van der Waals surface area contributed by atoms with E-state index in [1.54, 1.807) is 14.2 Å². The van der Waals surface area contributed by atoms with Crippen molar-refractivity contribution in [3.63, 3.8) is 0 Å². The highest BCUT2D eigenvalue weighted by atomic mass is 16.5. The van der Waals surface area contributed by atoms with Crippen LogP contribution in [0.2, 0.25) is 0 Å². The number of anilines is 2. The van der Waals surface area contributed by atoms with Crippen molar-refractivity contribution in [2.75, 3.05) is 37.9 Å². The van der Waals surface area contributed by atoms with Gasteiger partial charge >= 0.3 is 0 Å². The van der Waals surface area contributed by atoms with E-state index in [2.05, 4.69) is 34.9 Å². The van der Waals surface area contributed by atoms with Crippen molar-refractivity contribution in [3.8, 4) is 0 Å². The summed E-state index contributed by atoms with van der Waals surface area (Å²) in [5.74, 6) is 0. The Balaban J connectivity index is 1.40. The van der Waals surface area contributed by atoms with E-state index in [9.17, 15) is 0 Å². The lowest BCUT2D eigenvalue weighted by atomic mass is 10.1. The van der Waals surface area contributed by atoms with E-state index >= 15 is 0 Å². The van der Waals surface area contributed by atoms with E-state index in [0.29, 0.717) is 13.1 Å². The molecular formula is C30H30N4O2. The van der Waals surface area contributed by atoms with Crippen molar-refractivity contribution < 1.29 is 9.47 Å². The van der Waals surface area contributed by atoms with Crippen molar-refractivity contribution in [2.45, 2.75) is 12.2 Å². The molecule has 1 heterocycles. The molecule has 6 nitrogen and oxygen atoms in total. The van der Waals surface area contributed by atoms with E-state index < -0.39 is 0 Å². The molecule has 4 aromatic carbocycles. The predicted molar refractivity (Wildman–Crippen MR) is 146 cm³/mol. The maximum absolute atomic E-state index is 5.73. The van der Waals surface area contributed by atoms with Gasteiger partial charge in [0.1, 0.15) is 11.0 Å². The fraction of sp³-hybridized carbons (Fsp3) is 0.200. The van der Waals surface area contributed by atoms with Crippen molar-refractivity contribution in [1.29, 1.82) is 0 Å². The molecule has 1 aromatic heterocycles. The molecule has 0 amide bonds. The standard InChI is InChI=1S/C30H30N4O2/c1-35-27(21-11-5-3-6-12-21)19-31-23-15-9-17-25-29(23)33-26-18-10-16-24(30(26)34-25)32-20-28(36-2)22-13-7-4-8-14-22/h3-18,27-28,31-32H,19-20H2,1-2H3/t27-,28-/m0/s1. The Bertz CT molecular complexity index is 1320. The van der Waals surface area contributed by atoms with E-state index in [4.69, 9.17) is 19.4 Å². The lowest BCUT2D eigenvalue weighted by Crippen LogP contribution is -2.15. The second-order valence-electron chi connectivity index (χ2n) is 8.60. The molecule has 6 heteroatoms. The van der Waals surface area contributed by atoms with E-state index in [-0.39, 0.29) is 12.2 Å². The van der Waals surface area contributed by atoms with Crippen LogP contribution in [0, 0.1) is 0 Å². The molecule has 5 rings (SSSR count). The maximum atomic E-state index is 5.73. The second-order valence-corrected chi connectivity index (χ2v) is 8.60. The predicted octanol–water partition coefficient (Wildman–Crippen LogP) is 6.38. The third-order valence-corrected chi connectivity index (χ3v) is 6.36. The molecule has 0 aliphatic heterocycles. The van der Waals surface area contributed by atoms with Gasteiger partial charge < -0.3 is 20.1 Å². The molecule has 36 heavy (non-hydrogen) atoms. The van der Waals surface area contributed by atoms with Crippen LogP contribution < -0.4 is 10.6 Å². The molecule has 0 aliphatic carbocycles. The van der Waals surface area contributed by atoms with E-state index in [1.165, 1.54) is 0 Å². The van der Waals surface area contributed by atoms with Crippen LogP contribution in [0.15, 0.2) is 97.1 Å². The number of fused-ring (bicyclic) bond motifs is 2. The molecule has 0 unspecified atom stereocenters. The summed E-state index contributed by atoms with van der Waals surface area (Å²) >= 11 is 0. The first-order valence-electron chi connectivity index (χ1n) is 12.1. The van der Waals surface area contributed by atoms with Gasteiger partial charge in [0.15, 0.2) is 0 Å². The number of benzene rings is 4. The fourth-order valence-corrected chi connectivity index (χ4v) is 4.42. The van der Waals surface area contributed by atoms with Gasteiger partial charge in [-0.15, -0.1) is 0 Å². The molecule has 5 aromatic rings.